The molecule has 2 aromatic rings. The van der Waals surface area contributed by atoms with Crippen molar-refractivity contribution in [2.24, 2.45) is 0 Å². The molecule has 0 saturated heterocycles. The lowest BCUT2D eigenvalue weighted by Gasteiger charge is -2.01. The van der Waals surface area contributed by atoms with Crippen molar-refractivity contribution in [2.75, 3.05) is 7.11 Å². The van der Waals surface area contributed by atoms with Gasteiger partial charge in [0.2, 0.25) is 0 Å². The SMILES string of the molecule is COC(=O)c1cc(Cl)nn2cc(C)nc12. The van der Waals surface area contributed by atoms with Crippen LogP contribution >= 0.6 is 11.6 Å². The number of nitrogens with zero attached hydrogens (tertiary/aromatic N) is 3. The minimum absolute atomic E-state index is 0.223. The number of hydrogen-bond donors (Lipinski definition) is 0. The number of aromatic nitrogens is 3. The van der Waals surface area contributed by atoms with Crippen LogP contribution in [0.15, 0.2) is 12.3 Å². The molecule has 0 aliphatic carbocycles. The van der Waals surface area contributed by atoms with Crippen LogP contribution in [0.2, 0.25) is 5.15 Å². The third-order valence-corrected chi connectivity index (χ3v) is 2.11. The second-order valence-electron chi connectivity index (χ2n) is 3.02. The summed E-state index contributed by atoms with van der Waals surface area (Å²) < 4.78 is 6.09. The first-order valence-corrected chi connectivity index (χ1v) is 4.60. The normalized spacial score (nSPS) is 10.6. The minimum atomic E-state index is -0.477. The van der Waals surface area contributed by atoms with Crippen LogP contribution in [0.4, 0.5) is 0 Å². The maximum absolute atomic E-state index is 11.4. The van der Waals surface area contributed by atoms with Gasteiger partial charge in [-0.25, -0.2) is 14.3 Å². The second-order valence-corrected chi connectivity index (χ2v) is 3.41. The molecule has 0 aliphatic heterocycles. The lowest BCUT2D eigenvalue weighted by atomic mass is 10.3. The first kappa shape index (κ1) is 9.92. The zero-order valence-corrected chi connectivity index (χ0v) is 8.95. The topological polar surface area (TPSA) is 56.5 Å². The van der Waals surface area contributed by atoms with Crippen LogP contribution in [0.5, 0.6) is 0 Å². The Morgan fingerprint density at radius 1 is 1.60 bits per heavy atom. The molecule has 5 nitrogen and oxygen atoms in total. The standard InChI is InChI=1S/C9H8ClN3O2/c1-5-4-13-8(11-5)6(9(14)15-2)3-7(10)12-13/h3-4H,1-2H3. The Kier molecular flexibility index (Phi) is 2.32. The number of aryl methyl sites for hydroxylation is 1. The summed E-state index contributed by atoms with van der Waals surface area (Å²) in [6.07, 6.45) is 1.69. The molecule has 2 aromatic heterocycles. The van der Waals surface area contributed by atoms with E-state index in [1.165, 1.54) is 17.7 Å². The number of rotatable bonds is 1. The monoisotopic (exact) mass is 225 g/mol. The quantitative estimate of drug-likeness (QED) is 0.690. The van der Waals surface area contributed by atoms with Crippen LogP contribution in [-0.2, 0) is 4.74 Å². The van der Waals surface area contributed by atoms with Crippen LogP contribution in [0, 0.1) is 6.92 Å². The molecule has 0 unspecified atom stereocenters. The predicted molar refractivity (Wildman–Crippen MR) is 54.1 cm³/mol. The van der Waals surface area contributed by atoms with E-state index in [1.807, 2.05) is 6.92 Å². The number of hydrogen-bond acceptors (Lipinski definition) is 4. The van der Waals surface area contributed by atoms with Gasteiger partial charge in [0.1, 0.15) is 5.56 Å². The summed E-state index contributed by atoms with van der Waals surface area (Å²) in [7, 11) is 1.31. The average Bonchev–Trinajstić information content (AvgIpc) is 2.55. The lowest BCUT2D eigenvalue weighted by Crippen LogP contribution is -2.06. The van der Waals surface area contributed by atoms with Gasteiger partial charge < -0.3 is 4.74 Å². The van der Waals surface area contributed by atoms with E-state index in [-0.39, 0.29) is 5.15 Å². The van der Waals surface area contributed by atoms with Crippen molar-refractivity contribution >= 4 is 23.2 Å². The van der Waals surface area contributed by atoms with E-state index in [9.17, 15) is 4.79 Å². The Balaban J connectivity index is 2.75. The van der Waals surface area contributed by atoms with Gasteiger partial charge in [0.05, 0.1) is 19.0 Å². The van der Waals surface area contributed by atoms with E-state index in [4.69, 9.17) is 11.6 Å². The number of ether oxygens (including phenoxy) is 1. The van der Waals surface area contributed by atoms with E-state index >= 15 is 0 Å². The number of methoxy groups -OCH3 is 1. The molecule has 2 heterocycles. The van der Waals surface area contributed by atoms with Gasteiger partial charge in [-0.1, -0.05) is 11.6 Å². The summed E-state index contributed by atoms with van der Waals surface area (Å²) in [4.78, 5) is 15.6. The van der Waals surface area contributed by atoms with E-state index in [0.717, 1.165) is 5.69 Å². The van der Waals surface area contributed by atoms with Gasteiger partial charge in [0.15, 0.2) is 10.8 Å². The highest BCUT2D eigenvalue weighted by Gasteiger charge is 2.14. The molecule has 0 spiro atoms. The highest BCUT2D eigenvalue weighted by Crippen LogP contribution is 2.15. The summed E-state index contributed by atoms with van der Waals surface area (Å²) in [5.41, 5.74) is 1.52. The molecule has 0 amide bonds. The molecular weight excluding hydrogens is 218 g/mol. The van der Waals surface area contributed by atoms with E-state index in [1.54, 1.807) is 6.20 Å². The van der Waals surface area contributed by atoms with Crippen LogP contribution in [-0.4, -0.2) is 27.7 Å². The average molecular weight is 226 g/mol. The van der Waals surface area contributed by atoms with Gasteiger partial charge >= 0.3 is 5.97 Å². The fourth-order valence-electron chi connectivity index (χ4n) is 1.32. The fraction of sp³-hybridized carbons (Fsp3) is 0.222. The molecule has 15 heavy (non-hydrogen) atoms. The van der Waals surface area contributed by atoms with Crippen LogP contribution in [0.1, 0.15) is 16.1 Å². The van der Waals surface area contributed by atoms with Crippen molar-refractivity contribution < 1.29 is 9.53 Å². The minimum Gasteiger partial charge on any atom is -0.465 e. The van der Waals surface area contributed by atoms with E-state index in [2.05, 4.69) is 14.8 Å². The van der Waals surface area contributed by atoms with Crippen molar-refractivity contribution in [1.29, 1.82) is 0 Å². The maximum atomic E-state index is 11.4. The van der Waals surface area contributed by atoms with Crippen molar-refractivity contribution in [3.05, 3.63) is 28.7 Å². The Morgan fingerprint density at radius 2 is 2.33 bits per heavy atom. The zero-order valence-electron chi connectivity index (χ0n) is 8.19. The van der Waals surface area contributed by atoms with E-state index in [0.29, 0.717) is 11.2 Å². The number of esters is 1. The van der Waals surface area contributed by atoms with Gasteiger partial charge in [-0.3, -0.25) is 0 Å². The number of halogens is 1. The molecule has 0 saturated carbocycles. The summed E-state index contributed by atoms with van der Waals surface area (Å²) >= 11 is 5.77. The number of carbonyl (C=O) groups is 1. The molecule has 2 rings (SSSR count). The first-order chi connectivity index (χ1) is 7.11. The van der Waals surface area contributed by atoms with Gasteiger partial charge in [0, 0.05) is 0 Å². The first-order valence-electron chi connectivity index (χ1n) is 4.22. The van der Waals surface area contributed by atoms with Gasteiger partial charge in [-0.05, 0) is 13.0 Å². The Bertz CT molecular complexity index is 535. The molecule has 6 heteroatoms. The Hall–Kier alpha value is -1.62. The molecular formula is C9H8ClN3O2. The number of carbonyl (C=O) groups excluding carboxylic acids is 1. The molecule has 0 aromatic carbocycles. The highest BCUT2D eigenvalue weighted by atomic mass is 35.5. The van der Waals surface area contributed by atoms with Crippen LogP contribution in [0.3, 0.4) is 0 Å². The largest absolute Gasteiger partial charge is 0.465 e. The second kappa shape index (κ2) is 3.51. The van der Waals surface area contributed by atoms with Crippen molar-refractivity contribution in [3.63, 3.8) is 0 Å². The smallest absolute Gasteiger partial charge is 0.341 e. The predicted octanol–water partition coefficient (Wildman–Crippen LogP) is 1.48. The molecule has 78 valence electrons. The van der Waals surface area contributed by atoms with Gasteiger partial charge in [-0.15, -0.1) is 0 Å². The Morgan fingerprint density at radius 3 is 3.00 bits per heavy atom. The molecule has 0 fully saturated rings. The summed E-state index contributed by atoms with van der Waals surface area (Å²) in [6.45, 7) is 1.81. The van der Waals surface area contributed by atoms with E-state index < -0.39 is 5.97 Å². The fourth-order valence-corrected chi connectivity index (χ4v) is 1.51. The molecule has 0 radical (unpaired) electrons. The highest BCUT2D eigenvalue weighted by molar-refractivity contribution is 6.29. The Labute approximate surface area is 90.6 Å². The lowest BCUT2D eigenvalue weighted by molar-refractivity contribution is 0.0602. The zero-order chi connectivity index (χ0) is 11.0. The van der Waals surface area contributed by atoms with Crippen molar-refractivity contribution in [3.8, 4) is 0 Å². The maximum Gasteiger partial charge on any atom is 0.341 e. The summed E-state index contributed by atoms with van der Waals surface area (Å²) in [5.74, 6) is -0.477. The third kappa shape index (κ3) is 1.66. The molecule has 0 N–H and O–H groups in total. The summed E-state index contributed by atoms with van der Waals surface area (Å²) in [5, 5.41) is 4.21. The number of fused-ring (bicyclic) bond motifs is 1. The number of imidazole rings is 1. The van der Waals surface area contributed by atoms with Gasteiger partial charge in [0.25, 0.3) is 0 Å². The molecule has 0 aliphatic rings. The van der Waals surface area contributed by atoms with Crippen molar-refractivity contribution in [2.45, 2.75) is 6.92 Å². The van der Waals surface area contributed by atoms with Gasteiger partial charge in [-0.2, -0.15) is 5.10 Å². The third-order valence-electron chi connectivity index (χ3n) is 1.92. The van der Waals surface area contributed by atoms with Crippen LogP contribution in [0.25, 0.3) is 5.65 Å². The summed E-state index contributed by atoms with van der Waals surface area (Å²) in [6, 6.07) is 1.44. The molecule has 0 atom stereocenters. The molecule has 0 bridgehead atoms. The van der Waals surface area contributed by atoms with Crippen LogP contribution < -0.4 is 0 Å². The van der Waals surface area contributed by atoms with Crippen molar-refractivity contribution in [1.82, 2.24) is 14.6 Å².